The zero-order valence-electron chi connectivity index (χ0n) is 13.6. The third-order valence-corrected chi connectivity index (χ3v) is 4.39. The summed E-state index contributed by atoms with van der Waals surface area (Å²) in [5, 5.41) is 4.23. The number of H-pyrrole nitrogens is 1. The van der Waals surface area contributed by atoms with Gasteiger partial charge in [0.25, 0.3) is 0 Å². The second-order valence-corrected chi connectivity index (χ2v) is 6.32. The summed E-state index contributed by atoms with van der Waals surface area (Å²) in [6.45, 7) is 3.97. The molecular weight excluding hydrogens is 330 g/mol. The zero-order chi connectivity index (χ0) is 17.1. The Morgan fingerprint density at radius 3 is 3.21 bits per heavy atom. The molecule has 0 spiro atoms. The number of rotatable bonds is 5. The van der Waals surface area contributed by atoms with Gasteiger partial charge in [0, 0.05) is 31.9 Å². The molecule has 1 fully saturated rings. The highest BCUT2D eigenvalue weighted by Crippen LogP contribution is 2.38. The highest BCUT2D eigenvalue weighted by atomic mass is 35.5. The highest BCUT2D eigenvalue weighted by molar-refractivity contribution is 6.35. The largest absolute Gasteiger partial charge is 0.372 e. The summed E-state index contributed by atoms with van der Waals surface area (Å²) in [5.74, 6) is -0.209. The molecule has 8 heteroatoms. The van der Waals surface area contributed by atoms with Gasteiger partial charge in [-0.3, -0.25) is 4.79 Å². The molecule has 4 N–H and O–H groups in total. The van der Waals surface area contributed by atoms with Crippen molar-refractivity contribution in [1.29, 1.82) is 0 Å². The van der Waals surface area contributed by atoms with Crippen LogP contribution in [0.15, 0.2) is 12.4 Å². The lowest BCUT2D eigenvalue weighted by Gasteiger charge is -2.33. The zero-order valence-corrected chi connectivity index (χ0v) is 14.4. The van der Waals surface area contributed by atoms with E-state index in [1.165, 1.54) is 0 Å². The van der Waals surface area contributed by atoms with Crippen LogP contribution in [0.2, 0.25) is 5.02 Å². The number of aromatic amines is 1. The van der Waals surface area contributed by atoms with Crippen molar-refractivity contribution in [3.63, 3.8) is 0 Å². The van der Waals surface area contributed by atoms with Crippen LogP contribution >= 0.6 is 11.6 Å². The van der Waals surface area contributed by atoms with Crippen LogP contribution in [0.25, 0.3) is 11.0 Å². The number of carbonyl (C=O) groups excluding carboxylic acids is 1. The Labute approximate surface area is 145 Å². The molecular formula is C16H22ClN5O2. The third-order valence-electron chi connectivity index (χ3n) is 4.11. The first-order chi connectivity index (χ1) is 11.6. The van der Waals surface area contributed by atoms with E-state index in [0.717, 1.165) is 37.0 Å². The van der Waals surface area contributed by atoms with Crippen molar-refractivity contribution < 1.29 is 9.53 Å². The Bertz CT molecular complexity index is 733. The number of hydrogen-bond donors (Lipinski definition) is 3. The average Bonchev–Trinajstić information content (AvgIpc) is 2.95. The Hall–Kier alpha value is -1.83. The number of carbonyl (C=O) groups is 1. The molecule has 2 aromatic heterocycles. The van der Waals surface area contributed by atoms with E-state index in [1.807, 2.05) is 6.92 Å². The van der Waals surface area contributed by atoms with Crippen molar-refractivity contribution in [3.8, 4) is 0 Å². The average molecular weight is 352 g/mol. The van der Waals surface area contributed by atoms with Gasteiger partial charge in [0.2, 0.25) is 5.91 Å². The van der Waals surface area contributed by atoms with Crippen molar-refractivity contribution >= 4 is 39.9 Å². The van der Waals surface area contributed by atoms with Gasteiger partial charge < -0.3 is 25.7 Å². The number of anilines is 2. The van der Waals surface area contributed by atoms with E-state index in [-0.39, 0.29) is 18.6 Å². The van der Waals surface area contributed by atoms with E-state index in [1.54, 1.807) is 12.4 Å². The predicted molar refractivity (Wildman–Crippen MR) is 95.6 cm³/mol. The number of nitrogens with one attached hydrogen (secondary N) is 2. The van der Waals surface area contributed by atoms with E-state index in [0.29, 0.717) is 23.0 Å². The normalized spacial score (nSPS) is 18.1. The van der Waals surface area contributed by atoms with Crippen molar-refractivity contribution in [1.82, 2.24) is 9.97 Å². The second-order valence-electron chi connectivity index (χ2n) is 5.91. The SMILES string of the molecule is CCOCC(=O)Nc1c[nH]c2ncc(Cl)c(N3CCC[C@H](N)C3)c12. The molecule has 0 saturated carbocycles. The standard InChI is InChI=1S/C16H22ClN5O2/c1-2-24-9-13(23)21-12-7-20-16-14(12)15(11(17)6-19-16)22-5-3-4-10(18)8-22/h6-7,10H,2-5,8-9,18H2,1H3,(H,19,20)(H,21,23)/t10-/m0/s1. The van der Waals surface area contributed by atoms with Crippen LogP contribution in [0, 0.1) is 0 Å². The minimum absolute atomic E-state index is 0.0150. The highest BCUT2D eigenvalue weighted by Gasteiger charge is 2.24. The van der Waals surface area contributed by atoms with E-state index in [9.17, 15) is 4.79 Å². The fraction of sp³-hybridized carbons (Fsp3) is 0.500. The van der Waals surface area contributed by atoms with Crippen LogP contribution < -0.4 is 16.0 Å². The molecule has 1 atom stereocenters. The van der Waals surface area contributed by atoms with E-state index in [2.05, 4.69) is 20.2 Å². The van der Waals surface area contributed by atoms with Crippen LogP contribution in [0.5, 0.6) is 0 Å². The summed E-state index contributed by atoms with van der Waals surface area (Å²) in [5.41, 5.74) is 8.31. The monoisotopic (exact) mass is 351 g/mol. The molecule has 0 radical (unpaired) electrons. The van der Waals surface area contributed by atoms with Gasteiger partial charge in [-0.1, -0.05) is 11.6 Å². The number of amides is 1. The number of aromatic nitrogens is 2. The Morgan fingerprint density at radius 1 is 1.62 bits per heavy atom. The molecule has 0 aromatic carbocycles. The summed E-state index contributed by atoms with van der Waals surface area (Å²) in [6, 6.07) is 0.118. The molecule has 7 nitrogen and oxygen atoms in total. The quantitative estimate of drug-likeness (QED) is 0.766. The first kappa shape index (κ1) is 17.0. The number of hydrogen-bond acceptors (Lipinski definition) is 5. The van der Waals surface area contributed by atoms with E-state index in [4.69, 9.17) is 22.1 Å². The second kappa shape index (κ2) is 7.38. The van der Waals surface area contributed by atoms with E-state index >= 15 is 0 Å². The molecule has 130 valence electrons. The number of nitrogens with two attached hydrogens (primary N) is 1. The fourth-order valence-corrected chi connectivity index (χ4v) is 3.32. The summed E-state index contributed by atoms with van der Waals surface area (Å²) >= 11 is 6.44. The Kier molecular flexibility index (Phi) is 5.23. The number of nitrogens with zero attached hydrogens (tertiary/aromatic N) is 2. The molecule has 2 aromatic rings. The van der Waals surface area contributed by atoms with Crippen molar-refractivity contribution in [3.05, 3.63) is 17.4 Å². The van der Waals surface area contributed by atoms with Crippen molar-refractivity contribution in [2.24, 2.45) is 5.73 Å². The Morgan fingerprint density at radius 2 is 2.46 bits per heavy atom. The topological polar surface area (TPSA) is 96.3 Å². The van der Waals surface area contributed by atoms with Crippen LogP contribution in [0.1, 0.15) is 19.8 Å². The predicted octanol–water partition coefficient (Wildman–Crippen LogP) is 2.12. The lowest BCUT2D eigenvalue weighted by atomic mass is 10.1. The third kappa shape index (κ3) is 3.48. The first-order valence-corrected chi connectivity index (χ1v) is 8.51. The van der Waals surface area contributed by atoms with Gasteiger partial charge in [-0.25, -0.2) is 4.98 Å². The number of pyridine rings is 1. The van der Waals surface area contributed by atoms with Gasteiger partial charge in [-0.15, -0.1) is 0 Å². The van der Waals surface area contributed by atoms with Gasteiger partial charge in [0.15, 0.2) is 0 Å². The molecule has 1 amide bonds. The molecule has 0 aliphatic carbocycles. The van der Waals surface area contributed by atoms with Gasteiger partial charge in [-0.05, 0) is 19.8 Å². The number of piperidine rings is 1. The minimum Gasteiger partial charge on any atom is -0.372 e. The van der Waals surface area contributed by atoms with Crippen LogP contribution in [0.3, 0.4) is 0 Å². The lowest BCUT2D eigenvalue weighted by Crippen LogP contribution is -2.43. The summed E-state index contributed by atoms with van der Waals surface area (Å²) in [7, 11) is 0. The van der Waals surface area contributed by atoms with Gasteiger partial charge in [-0.2, -0.15) is 0 Å². The molecule has 3 rings (SSSR count). The summed E-state index contributed by atoms with van der Waals surface area (Å²) in [4.78, 5) is 21.6. The van der Waals surface area contributed by atoms with E-state index < -0.39 is 0 Å². The molecule has 0 unspecified atom stereocenters. The molecule has 24 heavy (non-hydrogen) atoms. The van der Waals surface area contributed by atoms with Crippen molar-refractivity contribution in [2.75, 3.05) is 36.5 Å². The smallest absolute Gasteiger partial charge is 0.250 e. The molecule has 1 aliphatic heterocycles. The summed E-state index contributed by atoms with van der Waals surface area (Å²) < 4.78 is 5.15. The van der Waals surface area contributed by atoms with Gasteiger partial charge in [0.1, 0.15) is 12.3 Å². The summed E-state index contributed by atoms with van der Waals surface area (Å²) in [6.07, 6.45) is 5.37. The molecule has 3 heterocycles. The molecule has 0 bridgehead atoms. The van der Waals surface area contributed by atoms with Crippen LogP contribution in [-0.2, 0) is 9.53 Å². The van der Waals surface area contributed by atoms with Crippen molar-refractivity contribution in [2.45, 2.75) is 25.8 Å². The number of fused-ring (bicyclic) bond motifs is 1. The number of halogens is 1. The maximum Gasteiger partial charge on any atom is 0.250 e. The molecule has 1 saturated heterocycles. The fourth-order valence-electron chi connectivity index (χ4n) is 3.06. The van der Waals surface area contributed by atoms with Gasteiger partial charge in [0.05, 0.1) is 28.0 Å². The molecule has 1 aliphatic rings. The maximum absolute atomic E-state index is 12.0. The Balaban J connectivity index is 1.96. The van der Waals surface area contributed by atoms with Gasteiger partial charge >= 0.3 is 0 Å². The van der Waals surface area contributed by atoms with Crippen LogP contribution in [0.4, 0.5) is 11.4 Å². The minimum atomic E-state index is -0.209. The number of ether oxygens (including phenoxy) is 1. The first-order valence-electron chi connectivity index (χ1n) is 8.13. The van der Waals surface area contributed by atoms with Crippen LogP contribution in [-0.4, -0.2) is 48.2 Å². The lowest BCUT2D eigenvalue weighted by molar-refractivity contribution is -0.120. The maximum atomic E-state index is 12.0.